The van der Waals surface area contributed by atoms with Gasteiger partial charge in [-0.1, -0.05) is 78.7 Å². The molecule has 3 aromatic carbocycles. The van der Waals surface area contributed by atoms with Crippen molar-refractivity contribution in [3.05, 3.63) is 99.8 Å². The van der Waals surface area contributed by atoms with Crippen molar-refractivity contribution in [2.45, 2.75) is 32.4 Å². The molecule has 0 spiro atoms. The second kappa shape index (κ2) is 13.1. The molecule has 184 valence electrons. The average Bonchev–Trinajstić information content (AvgIpc) is 2.86. The Labute approximate surface area is 214 Å². The molecule has 0 fully saturated rings. The fourth-order valence-electron chi connectivity index (χ4n) is 3.54. The lowest BCUT2D eigenvalue weighted by Crippen LogP contribution is -2.51. The van der Waals surface area contributed by atoms with Gasteiger partial charge in [0.05, 0.1) is 10.0 Å². The molecule has 35 heavy (non-hydrogen) atoms. The van der Waals surface area contributed by atoms with Gasteiger partial charge in [-0.05, 0) is 41.8 Å². The molecule has 1 atom stereocenters. The van der Waals surface area contributed by atoms with Gasteiger partial charge in [-0.15, -0.1) is 0 Å². The predicted molar refractivity (Wildman–Crippen MR) is 136 cm³/mol. The van der Waals surface area contributed by atoms with Gasteiger partial charge in [-0.25, -0.2) is 4.39 Å². The van der Waals surface area contributed by atoms with Crippen LogP contribution in [0.1, 0.15) is 24.5 Å². The van der Waals surface area contributed by atoms with Crippen molar-refractivity contribution in [3.63, 3.8) is 0 Å². The Morgan fingerprint density at radius 2 is 1.69 bits per heavy atom. The van der Waals surface area contributed by atoms with Crippen molar-refractivity contribution >= 4 is 35.0 Å². The molecule has 1 N–H and O–H groups in total. The minimum atomic E-state index is -0.824. The Kier molecular flexibility index (Phi) is 9.94. The van der Waals surface area contributed by atoms with E-state index in [9.17, 15) is 14.0 Å². The second-order valence-electron chi connectivity index (χ2n) is 7.99. The van der Waals surface area contributed by atoms with Crippen molar-refractivity contribution in [2.24, 2.45) is 0 Å². The Balaban J connectivity index is 1.92. The highest BCUT2D eigenvalue weighted by Crippen LogP contribution is 2.24. The molecule has 0 saturated carbocycles. The van der Waals surface area contributed by atoms with Crippen molar-refractivity contribution in [3.8, 4) is 5.75 Å². The second-order valence-corrected chi connectivity index (χ2v) is 8.80. The number of carbonyl (C=O) groups is 2. The molecule has 8 heteroatoms. The van der Waals surface area contributed by atoms with Crippen LogP contribution in [-0.4, -0.2) is 35.9 Å². The summed E-state index contributed by atoms with van der Waals surface area (Å²) in [5.74, 6) is -1.36. The number of rotatable bonds is 11. The maximum atomic E-state index is 14.0. The third-order valence-corrected chi connectivity index (χ3v) is 6.08. The molecule has 3 aromatic rings. The average molecular weight is 517 g/mol. The van der Waals surface area contributed by atoms with E-state index in [0.29, 0.717) is 28.6 Å². The van der Waals surface area contributed by atoms with Crippen LogP contribution in [0.5, 0.6) is 5.75 Å². The zero-order valence-corrected chi connectivity index (χ0v) is 20.9. The molecular weight excluding hydrogens is 490 g/mol. The predicted octanol–water partition coefficient (Wildman–Crippen LogP) is 5.68. The highest BCUT2D eigenvalue weighted by atomic mass is 35.5. The number of amides is 2. The summed E-state index contributed by atoms with van der Waals surface area (Å²) in [6.07, 6.45) is 1.05. The van der Waals surface area contributed by atoms with Crippen LogP contribution in [0.3, 0.4) is 0 Å². The normalized spacial score (nSPS) is 11.5. The van der Waals surface area contributed by atoms with Crippen LogP contribution in [0, 0.1) is 5.82 Å². The summed E-state index contributed by atoms with van der Waals surface area (Å²) in [6.45, 7) is 2.08. The number of para-hydroxylation sites is 1. The van der Waals surface area contributed by atoms with Gasteiger partial charge in [-0.3, -0.25) is 9.59 Å². The maximum Gasteiger partial charge on any atom is 0.261 e. The van der Waals surface area contributed by atoms with E-state index < -0.39 is 24.4 Å². The first-order valence-electron chi connectivity index (χ1n) is 11.3. The number of ether oxygens (including phenoxy) is 1. The number of carbonyl (C=O) groups excluding carboxylic acids is 2. The van der Waals surface area contributed by atoms with E-state index in [0.717, 1.165) is 12.0 Å². The minimum Gasteiger partial charge on any atom is -0.481 e. The molecule has 0 aliphatic carbocycles. The number of nitrogens with one attached hydrogen (secondary N) is 1. The lowest BCUT2D eigenvalue weighted by Gasteiger charge is -2.31. The Morgan fingerprint density at radius 1 is 0.971 bits per heavy atom. The summed E-state index contributed by atoms with van der Waals surface area (Å²) < 4.78 is 19.5. The standard InChI is InChI=1S/C27H27Cl2FN2O3/c1-2-14-31-27(34)24(16-19-8-4-3-5-9-19)32(17-20-12-13-21(28)22(29)15-20)26(33)18-35-25-11-7-6-10-23(25)30/h3-13,15,24H,2,14,16-18H2,1H3,(H,31,34)/t24-/m0/s1. The largest absolute Gasteiger partial charge is 0.481 e. The smallest absolute Gasteiger partial charge is 0.261 e. The van der Waals surface area contributed by atoms with E-state index in [2.05, 4.69) is 5.32 Å². The van der Waals surface area contributed by atoms with Crippen molar-refractivity contribution in [1.82, 2.24) is 10.2 Å². The lowest BCUT2D eigenvalue weighted by molar-refractivity contribution is -0.142. The summed E-state index contributed by atoms with van der Waals surface area (Å²) in [5, 5.41) is 3.63. The zero-order valence-electron chi connectivity index (χ0n) is 19.3. The van der Waals surface area contributed by atoms with Crippen molar-refractivity contribution in [2.75, 3.05) is 13.2 Å². The molecule has 2 amide bonds. The number of hydrogen-bond acceptors (Lipinski definition) is 3. The van der Waals surface area contributed by atoms with Gasteiger partial charge >= 0.3 is 0 Å². The third kappa shape index (κ3) is 7.70. The molecular formula is C27H27Cl2FN2O3. The molecule has 0 bridgehead atoms. The van der Waals surface area contributed by atoms with Gasteiger partial charge in [-0.2, -0.15) is 0 Å². The molecule has 5 nitrogen and oxygen atoms in total. The molecule has 0 unspecified atom stereocenters. The van der Waals surface area contributed by atoms with E-state index in [1.54, 1.807) is 24.3 Å². The summed E-state index contributed by atoms with van der Waals surface area (Å²) in [4.78, 5) is 28.1. The molecule has 0 aromatic heterocycles. The summed E-state index contributed by atoms with van der Waals surface area (Å²) in [7, 11) is 0. The van der Waals surface area contributed by atoms with E-state index in [-0.39, 0.29) is 18.2 Å². The summed E-state index contributed by atoms with van der Waals surface area (Å²) >= 11 is 12.3. The van der Waals surface area contributed by atoms with Crippen LogP contribution in [-0.2, 0) is 22.6 Å². The van der Waals surface area contributed by atoms with Crippen molar-refractivity contribution in [1.29, 1.82) is 0 Å². The number of hydrogen-bond donors (Lipinski definition) is 1. The van der Waals surface area contributed by atoms with Crippen LogP contribution in [0.2, 0.25) is 10.0 Å². The fourth-order valence-corrected chi connectivity index (χ4v) is 3.86. The highest BCUT2D eigenvalue weighted by Gasteiger charge is 2.30. The first-order chi connectivity index (χ1) is 16.9. The Bertz CT molecular complexity index is 1140. The van der Waals surface area contributed by atoms with Crippen LogP contribution < -0.4 is 10.1 Å². The Morgan fingerprint density at radius 3 is 2.37 bits per heavy atom. The molecule has 0 aliphatic rings. The molecule has 3 rings (SSSR count). The number of nitrogens with zero attached hydrogens (tertiary/aromatic N) is 1. The van der Waals surface area contributed by atoms with Crippen molar-refractivity contribution < 1.29 is 18.7 Å². The monoisotopic (exact) mass is 516 g/mol. The summed E-state index contributed by atoms with van der Waals surface area (Å²) in [6, 6.07) is 19.5. The van der Waals surface area contributed by atoms with E-state index >= 15 is 0 Å². The van der Waals surface area contributed by atoms with Gasteiger partial charge < -0.3 is 15.0 Å². The van der Waals surface area contributed by atoms with Gasteiger partial charge in [0.25, 0.3) is 5.91 Å². The Hall–Kier alpha value is -3.09. The van der Waals surface area contributed by atoms with Crippen LogP contribution in [0.4, 0.5) is 4.39 Å². The highest BCUT2D eigenvalue weighted by molar-refractivity contribution is 6.42. The SMILES string of the molecule is CCCNC(=O)[C@H](Cc1ccccc1)N(Cc1ccc(Cl)c(Cl)c1)C(=O)COc1ccccc1F. The maximum absolute atomic E-state index is 14.0. The van der Waals surface area contributed by atoms with Crippen LogP contribution >= 0.6 is 23.2 Å². The zero-order chi connectivity index (χ0) is 25.2. The first kappa shape index (κ1) is 26.5. The van der Waals surface area contributed by atoms with Crippen LogP contribution in [0.15, 0.2) is 72.8 Å². The van der Waals surface area contributed by atoms with E-state index in [1.807, 2.05) is 37.3 Å². The lowest BCUT2D eigenvalue weighted by atomic mass is 10.0. The molecule has 0 radical (unpaired) electrons. The topological polar surface area (TPSA) is 58.6 Å². The fraction of sp³-hybridized carbons (Fsp3) is 0.259. The number of benzene rings is 3. The molecule has 0 saturated heterocycles. The molecule has 0 heterocycles. The van der Waals surface area contributed by atoms with E-state index in [4.69, 9.17) is 27.9 Å². The third-order valence-electron chi connectivity index (χ3n) is 5.35. The van der Waals surface area contributed by atoms with Gasteiger partial charge in [0.15, 0.2) is 18.2 Å². The first-order valence-corrected chi connectivity index (χ1v) is 12.1. The molecule has 0 aliphatic heterocycles. The van der Waals surface area contributed by atoms with Gasteiger partial charge in [0, 0.05) is 19.5 Å². The summed E-state index contributed by atoms with van der Waals surface area (Å²) in [5.41, 5.74) is 1.59. The quantitative estimate of drug-likeness (QED) is 0.356. The van der Waals surface area contributed by atoms with E-state index in [1.165, 1.54) is 23.1 Å². The van der Waals surface area contributed by atoms with Gasteiger partial charge in [0.2, 0.25) is 5.91 Å². The number of halogens is 3. The minimum absolute atomic E-state index is 0.0367. The van der Waals surface area contributed by atoms with Crippen LogP contribution in [0.25, 0.3) is 0 Å². The van der Waals surface area contributed by atoms with Gasteiger partial charge in [0.1, 0.15) is 6.04 Å².